The first kappa shape index (κ1) is 25.8. The molecule has 178 valence electrons. The van der Waals surface area contributed by atoms with E-state index in [2.05, 4.69) is 33.4 Å². The number of rotatable bonds is 7. The van der Waals surface area contributed by atoms with Crippen LogP contribution < -0.4 is 21.3 Å². The summed E-state index contributed by atoms with van der Waals surface area (Å²) in [6.45, 7) is 6.06. The van der Waals surface area contributed by atoms with E-state index in [4.69, 9.17) is 0 Å². The molecule has 3 amide bonds. The van der Waals surface area contributed by atoms with Crippen molar-refractivity contribution < 1.29 is 14.4 Å². The number of benzene rings is 1. The molecule has 1 saturated heterocycles. The van der Waals surface area contributed by atoms with E-state index in [9.17, 15) is 14.4 Å². The van der Waals surface area contributed by atoms with Gasteiger partial charge in [0.05, 0.1) is 18.6 Å². The van der Waals surface area contributed by atoms with Crippen LogP contribution in [0.4, 0.5) is 0 Å². The Morgan fingerprint density at radius 3 is 2.56 bits per heavy atom. The second-order valence-electron chi connectivity index (χ2n) is 8.16. The molecule has 1 aromatic carbocycles. The molecule has 1 aromatic rings. The lowest BCUT2D eigenvalue weighted by Crippen LogP contribution is -2.51. The van der Waals surface area contributed by atoms with Crippen LogP contribution in [0.15, 0.2) is 24.3 Å². The van der Waals surface area contributed by atoms with Gasteiger partial charge in [0, 0.05) is 12.6 Å². The second kappa shape index (κ2) is 12.6. The van der Waals surface area contributed by atoms with Gasteiger partial charge in [0.2, 0.25) is 17.7 Å². The standard InChI is InChI=1S/C22H33N5O3.C2H6/c1-14(23-2)21(29)25-12-20(28)27-13-16(24-3)11-19(27)22(30)26-18-10-6-8-15-7-4-5-9-17(15)18;1-2/h4-5,7,9,14,16,18-19,23-24H,6,8,10-13H2,1-3H3,(H,25,29)(H,26,30);1-2H3. The summed E-state index contributed by atoms with van der Waals surface area (Å²) in [5.41, 5.74) is 2.45. The van der Waals surface area contributed by atoms with Crippen LogP contribution in [0, 0.1) is 0 Å². The Hall–Kier alpha value is -2.45. The summed E-state index contributed by atoms with van der Waals surface area (Å²) in [7, 11) is 3.52. The maximum absolute atomic E-state index is 13.2. The molecule has 0 bridgehead atoms. The van der Waals surface area contributed by atoms with Gasteiger partial charge < -0.3 is 26.2 Å². The minimum absolute atomic E-state index is 0.0239. The Balaban J connectivity index is 0.00000176. The number of nitrogens with zero attached hydrogens (tertiary/aromatic N) is 1. The van der Waals surface area contributed by atoms with E-state index in [1.807, 2.05) is 33.0 Å². The highest BCUT2D eigenvalue weighted by Gasteiger charge is 2.39. The molecule has 0 aromatic heterocycles. The first-order valence-corrected chi connectivity index (χ1v) is 11.7. The van der Waals surface area contributed by atoms with Gasteiger partial charge in [-0.15, -0.1) is 0 Å². The van der Waals surface area contributed by atoms with Crippen LogP contribution in [0.5, 0.6) is 0 Å². The Morgan fingerprint density at radius 1 is 1.16 bits per heavy atom. The van der Waals surface area contributed by atoms with Gasteiger partial charge in [-0.2, -0.15) is 0 Å². The van der Waals surface area contributed by atoms with E-state index in [0.717, 1.165) is 19.3 Å². The van der Waals surface area contributed by atoms with Gasteiger partial charge in [-0.3, -0.25) is 14.4 Å². The normalized spacial score (nSPS) is 22.8. The Bertz CT molecular complexity index is 785. The predicted octanol–water partition coefficient (Wildman–Crippen LogP) is 1.12. The molecule has 3 rings (SSSR count). The number of carbonyl (C=O) groups excluding carboxylic acids is 3. The topological polar surface area (TPSA) is 103 Å². The van der Waals surface area contributed by atoms with Gasteiger partial charge in [0.15, 0.2) is 0 Å². The first-order chi connectivity index (χ1) is 15.4. The van der Waals surface area contributed by atoms with E-state index < -0.39 is 6.04 Å². The zero-order valence-electron chi connectivity index (χ0n) is 20.0. The summed E-state index contributed by atoms with van der Waals surface area (Å²) in [5.74, 6) is -0.610. The molecule has 4 N–H and O–H groups in total. The van der Waals surface area contributed by atoms with E-state index >= 15 is 0 Å². The highest BCUT2D eigenvalue weighted by Crippen LogP contribution is 2.30. The van der Waals surface area contributed by atoms with Crippen molar-refractivity contribution >= 4 is 17.7 Å². The number of nitrogens with one attached hydrogen (secondary N) is 4. The van der Waals surface area contributed by atoms with Crippen LogP contribution >= 0.6 is 0 Å². The predicted molar refractivity (Wildman–Crippen MR) is 126 cm³/mol. The minimum atomic E-state index is -0.539. The Kier molecular flexibility index (Phi) is 10.1. The van der Waals surface area contributed by atoms with Crippen molar-refractivity contribution in [3.63, 3.8) is 0 Å². The largest absolute Gasteiger partial charge is 0.347 e. The summed E-state index contributed by atoms with van der Waals surface area (Å²) >= 11 is 0. The van der Waals surface area contributed by atoms with Crippen molar-refractivity contribution in [2.75, 3.05) is 27.2 Å². The van der Waals surface area contributed by atoms with Gasteiger partial charge in [-0.05, 0) is 57.8 Å². The maximum atomic E-state index is 13.2. The lowest BCUT2D eigenvalue weighted by atomic mass is 9.87. The second-order valence-corrected chi connectivity index (χ2v) is 8.16. The molecule has 0 spiro atoms. The number of amides is 3. The number of aryl methyl sites for hydroxylation is 1. The highest BCUT2D eigenvalue weighted by molar-refractivity contribution is 5.91. The van der Waals surface area contributed by atoms with Crippen LogP contribution in [0.25, 0.3) is 0 Å². The third kappa shape index (κ3) is 6.29. The maximum Gasteiger partial charge on any atom is 0.243 e. The fourth-order valence-corrected chi connectivity index (χ4v) is 4.29. The van der Waals surface area contributed by atoms with Gasteiger partial charge in [-0.25, -0.2) is 0 Å². The van der Waals surface area contributed by atoms with Crippen LogP contribution in [-0.2, 0) is 20.8 Å². The molecule has 2 aliphatic rings. The molecule has 4 unspecified atom stereocenters. The molecular weight excluding hydrogens is 406 g/mol. The zero-order valence-corrected chi connectivity index (χ0v) is 20.0. The fraction of sp³-hybridized carbons (Fsp3) is 0.625. The van der Waals surface area contributed by atoms with Gasteiger partial charge in [0.1, 0.15) is 6.04 Å². The molecule has 8 heteroatoms. The molecule has 1 aliphatic carbocycles. The number of hydrogen-bond acceptors (Lipinski definition) is 5. The van der Waals surface area contributed by atoms with Crippen LogP contribution in [0.2, 0.25) is 0 Å². The average Bonchev–Trinajstić information content (AvgIpc) is 3.28. The molecule has 1 aliphatic heterocycles. The number of fused-ring (bicyclic) bond motifs is 1. The smallest absolute Gasteiger partial charge is 0.243 e. The van der Waals surface area contributed by atoms with Crippen molar-refractivity contribution in [3.05, 3.63) is 35.4 Å². The summed E-state index contributed by atoms with van der Waals surface area (Å²) in [6, 6.07) is 7.33. The number of carbonyl (C=O) groups is 3. The molecule has 0 radical (unpaired) electrons. The van der Waals surface area contributed by atoms with Gasteiger partial charge >= 0.3 is 0 Å². The average molecular weight is 446 g/mol. The molecule has 1 heterocycles. The van der Waals surface area contributed by atoms with Gasteiger partial charge in [-0.1, -0.05) is 38.1 Å². The van der Waals surface area contributed by atoms with Crippen molar-refractivity contribution in [3.8, 4) is 0 Å². The monoisotopic (exact) mass is 445 g/mol. The molecule has 4 atom stereocenters. The molecule has 8 nitrogen and oxygen atoms in total. The SMILES string of the molecule is CC.CNC1CC(C(=O)NC2CCCc3ccccc32)N(C(=O)CNC(=O)C(C)NC)C1. The zero-order chi connectivity index (χ0) is 23.7. The van der Waals surface area contributed by atoms with E-state index in [0.29, 0.717) is 13.0 Å². The van der Waals surface area contributed by atoms with Crippen LogP contribution in [0.3, 0.4) is 0 Å². The number of hydrogen-bond donors (Lipinski definition) is 4. The van der Waals surface area contributed by atoms with E-state index in [1.54, 1.807) is 18.9 Å². The van der Waals surface area contributed by atoms with Crippen molar-refractivity contribution in [2.45, 2.75) is 70.6 Å². The lowest BCUT2D eigenvalue weighted by Gasteiger charge is -2.30. The van der Waals surface area contributed by atoms with E-state index in [-0.39, 0.29) is 42.4 Å². The minimum Gasteiger partial charge on any atom is -0.347 e. The summed E-state index contributed by atoms with van der Waals surface area (Å²) in [5, 5.41) is 11.9. The van der Waals surface area contributed by atoms with Gasteiger partial charge in [0.25, 0.3) is 0 Å². The highest BCUT2D eigenvalue weighted by atomic mass is 16.2. The van der Waals surface area contributed by atoms with Crippen LogP contribution in [-0.4, -0.2) is 67.9 Å². The third-order valence-corrected chi connectivity index (χ3v) is 6.26. The van der Waals surface area contributed by atoms with Crippen molar-refractivity contribution in [1.29, 1.82) is 0 Å². The van der Waals surface area contributed by atoms with E-state index in [1.165, 1.54) is 11.1 Å². The summed E-state index contributed by atoms with van der Waals surface area (Å²) in [6.07, 6.45) is 3.52. The quantitative estimate of drug-likeness (QED) is 0.504. The van der Waals surface area contributed by atoms with Crippen molar-refractivity contribution in [2.24, 2.45) is 0 Å². The Labute approximate surface area is 191 Å². The lowest BCUT2D eigenvalue weighted by molar-refractivity contribution is -0.139. The molecule has 1 fully saturated rings. The van der Waals surface area contributed by atoms with Crippen LogP contribution in [0.1, 0.15) is 57.2 Å². The molecular formula is C24H39N5O3. The number of likely N-dealkylation sites (N-methyl/N-ethyl adjacent to an activating group) is 2. The first-order valence-electron chi connectivity index (χ1n) is 11.7. The fourth-order valence-electron chi connectivity index (χ4n) is 4.29. The summed E-state index contributed by atoms with van der Waals surface area (Å²) in [4.78, 5) is 39.5. The van der Waals surface area contributed by atoms with Crippen molar-refractivity contribution in [1.82, 2.24) is 26.2 Å². The summed E-state index contributed by atoms with van der Waals surface area (Å²) < 4.78 is 0. The molecule has 32 heavy (non-hydrogen) atoms. The number of likely N-dealkylation sites (tertiary alicyclic amines) is 1. The molecule has 0 saturated carbocycles. The Morgan fingerprint density at radius 2 is 1.88 bits per heavy atom. The third-order valence-electron chi connectivity index (χ3n) is 6.26.